The second-order valence-corrected chi connectivity index (χ2v) is 7.86. The highest BCUT2D eigenvalue weighted by atomic mass is 16.3. The number of aromatic nitrogens is 3. The second-order valence-electron chi connectivity index (χ2n) is 7.86. The highest BCUT2D eigenvalue weighted by molar-refractivity contribution is 5.93. The number of H-pyrrole nitrogens is 1. The van der Waals surface area contributed by atoms with E-state index >= 15 is 0 Å². The normalized spacial score (nSPS) is 21.0. The topological polar surface area (TPSA) is 96.2 Å². The van der Waals surface area contributed by atoms with E-state index in [0.717, 1.165) is 38.3 Å². The van der Waals surface area contributed by atoms with Gasteiger partial charge in [0.25, 0.3) is 11.5 Å². The minimum atomic E-state index is -0.201. The van der Waals surface area contributed by atoms with E-state index in [-0.39, 0.29) is 11.5 Å². The molecule has 0 aromatic carbocycles. The average Bonchev–Trinajstić information content (AvgIpc) is 3.40. The maximum atomic E-state index is 12.4. The molecule has 3 aromatic heterocycles. The number of furan rings is 1. The van der Waals surface area contributed by atoms with E-state index in [9.17, 15) is 9.59 Å². The Morgan fingerprint density at radius 3 is 3.03 bits per heavy atom. The third kappa shape index (κ3) is 3.51. The van der Waals surface area contributed by atoms with Crippen LogP contribution in [-0.4, -0.2) is 51.8 Å². The fraction of sp³-hybridized carbons (Fsp3) is 0.381. The molecule has 1 amide bonds. The van der Waals surface area contributed by atoms with Crippen molar-refractivity contribution in [3.63, 3.8) is 0 Å². The Morgan fingerprint density at radius 1 is 1.24 bits per heavy atom. The van der Waals surface area contributed by atoms with E-state index in [1.807, 2.05) is 16.7 Å². The Bertz CT molecular complexity index is 1070. The van der Waals surface area contributed by atoms with Gasteiger partial charge in [-0.2, -0.15) is 5.10 Å². The van der Waals surface area contributed by atoms with E-state index < -0.39 is 0 Å². The molecule has 0 saturated carbocycles. The number of hydrogen-bond donors (Lipinski definition) is 2. The molecule has 2 bridgehead atoms. The molecule has 3 aromatic rings. The van der Waals surface area contributed by atoms with Crippen molar-refractivity contribution in [2.45, 2.75) is 18.9 Å². The van der Waals surface area contributed by atoms with Crippen molar-refractivity contribution in [1.29, 1.82) is 0 Å². The van der Waals surface area contributed by atoms with Crippen molar-refractivity contribution in [2.24, 2.45) is 5.92 Å². The zero-order chi connectivity index (χ0) is 19.8. The molecule has 2 aliphatic heterocycles. The molecule has 2 atom stereocenters. The molecule has 5 heterocycles. The minimum absolute atomic E-state index is 0.103. The summed E-state index contributed by atoms with van der Waals surface area (Å²) in [5.74, 6) is 1.32. The number of carbonyl (C=O) groups excluding carboxylic acids is 1. The molecule has 1 saturated heterocycles. The van der Waals surface area contributed by atoms with Gasteiger partial charge in [0, 0.05) is 56.5 Å². The van der Waals surface area contributed by atoms with Gasteiger partial charge < -0.3 is 19.2 Å². The number of nitrogens with one attached hydrogen (secondary N) is 2. The Hall–Kier alpha value is -3.13. The van der Waals surface area contributed by atoms with Crippen LogP contribution in [0.3, 0.4) is 0 Å². The molecule has 29 heavy (non-hydrogen) atoms. The molecule has 1 fully saturated rings. The fourth-order valence-corrected chi connectivity index (χ4v) is 4.59. The number of fused-ring (bicyclic) bond motifs is 4. The van der Waals surface area contributed by atoms with E-state index in [4.69, 9.17) is 4.42 Å². The van der Waals surface area contributed by atoms with Gasteiger partial charge in [0.05, 0.1) is 6.26 Å². The number of piperidine rings is 1. The molecule has 2 aliphatic rings. The Kier molecular flexibility index (Phi) is 4.55. The quantitative estimate of drug-likeness (QED) is 0.688. The Labute approximate surface area is 167 Å². The molecule has 2 N–H and O–H groups in total. The molecule has 8 heteroatoms. The maximum absolute atomic E-state index is 12.4. The number of nitrogens with zero attached hydrogens (tertiary/aromatic N) is 3. The van der Waals surface area contributed by atoms with Gasteiger partial charge >= 0.3 is 0 Å². The highest BCUT2D eigenvalue weighted by Crippen LogP contribution is 2.34. The van der Waals surface area contributed by atoms with Crippen molar-refractivity contribution in [2.75, 3.05) is 26.2 Å². The standard InChI is InChI=1S/C21H23N5O3/c27-20-5-1-3-18-15-9-14(12-26(18)20)11-25(13-15)7-6-22-21(28)17-10-16(23-24-17)19-4-2-8-29-19/h1-5,8,10,14-15H,6-7,9,11-13H2,(H,22,28)(H,23,24)/t14-,15+/m1/s1. The van der Waals surface area contributed by atoms with Crippen molar-refractivity contribution in [3.8, 4) is 11.5 Å². The SMILES string of the molecule is O=C(NCCN1C[C@H]2C[C@@H](C1)c1cccc(=O)n1C2)c1cc(-c2ccco2)[nH]n1. The summed E-state index contributed by atoms with van der Waals surface area (Å²) in [5, 5.41) is 9.85. The maximum Gasteiger partial charge on any atom is 0.271 e. The van der Waals surface area contributed by atoms with Gasteiger partial charge in [-0.15, -0.1) is 0 Å². The van der Waals surface area contributed by atoms with Crippen molar-refractivity contribution < 1.29 is 9.21 Å². The second kappa shape index (κ2) is 7.36. The van der Waals surface area contributed by atoms with Crippen LogP contribution in [0.2, 0.25) is 0 Å². The lowest BCUT2D eigenvalue weighted by molar-refractivity contribution is 0.0923. The lowest BCUT2D eigenvalue weighted by Crippen LogP contribution is -2.48. The zero-order valence-electron chi connectivity index (χ0n) is 16.0. The van der Waals surface area contributed by atoms with Crippen LogP contribution in [0.4, 0.5) is 0 Å². The minimum Gasteiger partial charge on any atom is -0.463 e. The van der Waals surface area contributed by atoms with Crippen molar-refractivity contribution in [3.05, 3.63) is 64.4 Å². The lowest BCUT2D eigenvalue weighted by Gasteiger charge is -2.42. The van der Waals surface area contributed by atoms with Gasteiger partial charge in [-0.3, -0.25) is 14.7 Å². The van der Waals surface area contributed by atoms with Gasteiger partial charge in [-0.1, -0.05) is 6.07 Å². The molecule has 0 unspecified atom stereocenters. The van der Waals surface area contributed by atoms with Gasteiger partial charge in [-0.25, -0.2) is 0 Å². The molecule has 0 radical (unpaired) electrons. The van der Waals surface area contributed by atoms with Crippen LogP contribution in [0.25, 0.3) is 11.5 Å². The Morgan fingerprint density at radius 2 is 2.17 bits per heavy atom. The first-order chi connectivity index (χ1) is 14.2. The predicted molar refractivity (Wildman–Crippen MR) is 107 cm³/mol. The number of rotatable bonds is 5. The predicted octanol–water partition coefficient (Wildman–Crippen LogP) is 1.68. The van der Waals surface area contributed by atoms with Crippen LogP contribution in [0, 0.1) is 5.92 Å². The summed E-state index contributed by atoms with van der Waals surface area (Å²) in [6, 6.07) is 10.9. The summed E-state index contributed by atoms with van der Waals surface area (Å²) in [6.45, 7) is 4.00. The first-order valence-corrected chi connectivity index (χ1v) is 9.97. The number of pyridine rings is 1. The summed E-state index contributed by atoms with van der Waals surface area (Å²) >= 11 is 0. The van der Waals surface area contributed by atoms with Gasteiger partial charge in [0.2, 0.25) is 0 Å². The largest absolute Gasteiger partial charge is 0.463 e. The van der Waals surface area contributed by atoms with Gasteiger partial charge in [-0.05, 0) is 30.5 Å². The van der Waals surface area contributed by atoms with Crippen LogP contribution in [0.1, 0.15) is 28.5 Å². The van der Waals surface area contributed by atoms with Gasteiger partial charge in [0.15, 0.2) is 11.5 Å². The molecule has 150 valence electrons. The number of hydrogen-bond acceptors (Lipinski definition) is 5. The molecule has 5 rings (SSSR count). The summed E-state index contributed by atoms with van der Waals surface area (Å²) in [5.41, 5.74) is 2.27. The van der Waals surface area contributed by atoms with E-state index in [1.54, 1.807) is 24.5 Å². The van der Waals surface area contributed by atoms with Crippen LogP contribution < -0.4 is 10.9 Å². The third-order valence-corrected chi connectivity index (χ3v) is 5.87. The lowest BCUT2D eigenvalue weighted by atomic mass is 9.83. The summed E-state index contributed by atoms with van der Waals surface area (Å²) in [7, 11) is 0. The van der Waals surface area contributed by atoms with Gasteiger partial charge in [0.1, 0.15) is 5.69 Å². The van der Waals surface area contributed by atoms with E-state index in [2.05, 4.69) is 26.5 Å². The zero-order valence-corrected chi connectivity index (χ0v) is 16.0. The number of carbonyl (C=O) groups is 1. The van der Waals surface area contributed by atoms with E-state index in [0.29, 0.717) is 35.5 Å². The summed E-state index contributed by atoms with van der Waals surface area (Å²) < 4.78 is 7.25. The van der Waals surface area contributed by atoms with Crippen LogP contribution in [0.5, 0.6) is 0 Å². The Balaban J connectivity index is 1.17. The summed E-state index contributed by atoms with van der Waals surface area (Å²) in [6.07, 6.45) is 2.72. The molecule has 0 spiro atoms. The molecular weight excluding hydrogens is 370 g/mol. The summed E-state index contributed by atoms with van der Waals surface area (Å²) in [4.78, 5) is 26.9. The molecule has 8 nitrogen and oxygen atoms in total. The first kappa shape index (κ1) is 17.9. The molecule has 0 aliphatic carbocycles. The molecular formula is C21H23N5O3. The van der Waals surface area contributed by atoms with E-state index in [1.165, 1.54) is 0 Å². The van der Waals surface area contributed by atoms with Crippen LogP contribution in [0.15, 0.2) is 51.9 Å². The first-order valence-electron chi connectivity index (χ1n) is 9.97. The monoisotopic (exact) mass is 393 g/mol. The third-order valence-electron chi connectivity index (χ3n) is 5.87. The van der Waals surface area contributed by atoms with Crippen LogP contribution in [-0.2, 0) is 6.54 Å². The van der Waals surface area contributed by atoms with Crippen LogP contribution >= 0.6 is 0 Å². The fourth-order valence-electron chi connectivity index (χ4n) is 4.59. The van der Waals surface area contributed by atoms with Crippen molar-refractivity contribution in [1.82, 2.24) is 25.0 Å². The average molecular weight is 393 g/mol. The number of likely N-dealkylation sites (tertiary alicyclic amines) is 1. The number of amides is 1. The van der Waals surface area contributed by atoms with Crippen molar-refractivity contribution >= 4 is 5.91 Å². The number of aromatic amines is 1. The highest BCUT2D eigenvalue weighted by Gasteiger charge is 2.34. The smallest absolute Gasteiger partial charge is 0.271 e.